The molecule has 0 saturated heterocycles. The molecule has 0 radical (unpaired) electrons. The van der Waals surface area contributed by atoms with E-state index in [2.05, 4.69) is 11.6 Å². The van der Waals surface area contributed by atoms with Gasteiger partial charge in [-0.15, -0.1) is 0 Å². The number of nitrogens with zero attached hydrogens (tertiary/aromatic N) is 3. The molecule has 0 spiro atoms. The molecule has 1 unspecified atom stereocenters. The summed E-state index contributed by atoms with van der Waals surface area (Å²) in [6.07, 6.45) is 3.52. The number of hydrogen-bond donors (Lipinski definition) is 0. The highest BCUT2D eigenvalue weighted by atomic mass is 32.1. The fourth-order valence-corrected chi connectivity index (χ4v) is 5.08. The number of hydrogen-bond acceptors (Lipinski definition) is 7. The van der Waals surface area contributed by atoms with Crippen molar-refractivity contribution in [2.75, 3.05) is 32.2 Å². The highest BCUT2D eigenvalue weighted by Gasteiger charge is 2.33. The fraction of sp³-hybridized carbons (Fsp3) is 0.250. The van der Waals surface area contributed by atoms with Gasteiger partial charge in [0.1, 0.15) is 12.4 Å². The van der Waals surface area contributed by atoms with Crippen LogP contribution in [0.5, 0.6) is 5.75 Å². The number of ether oxygens (including phenoxy) is 2. The molecule has 0 bridgehead atoms. The quantitative estimate of drug-likeness (QED) is 0.348. The number of thiazole rings is 1. The lowest BCUT2D eigenvalue weighted by molar-refractivity contribution is -0.139. The smallest absolute Gasteiger partial charge is 0.338 e. The minimum atomic E-state index is -0.631. The second-order valence-electron chi connectivity index (χ2n) is 8.46. The second kappa shape index (κ2) is 10.8. The molecule has 8 heteroatoms. The van der Waals surface area contributed by atoms with Crippen molar-refractivity contribution in [2.24, 2.45) is 4.99 Å². The van der Waals surface area contributed by atoms with Crippen LogP contribution in [0.2, 0.25) is 0 Å². The summed E-state index contributed by atoms with van der Waals surface area (Å²) in [5, 5.41) is 0. The van der Waals surface area contributed by atoms with Gasteiger partial charge in [0.15, 0.2) is 4.80 Å². The molecular formula is C28H29N3O4S. The monoisotopic (exact) mass is 503 g/mol. The lowest BCUT2D eigenvalue weighted by Crippen LogP contribution is -2.39. The lowest BCUT2D eigenvalue weighted by atomic mass is 9.95. The third kappa shape index (κ3) is 5.04. The Balaban J connectivity index is 1.84. The molecule has 2 heterocycles. The van der Waals surface area contributed by atoms with Gasteiger partial charge in [-0.25, -0.2) is 9.79 Å². The van der Waals surface area contributed by atoms with Crippen molar-refractivity contribution < 1.29 is 14.3 Å². The van der Waals surface area contributed by atoms with Gasteiger partial charge in [-0.2, -0.15) is 0 Å². The predicted octanol–water partition coefficient (Wildman–Crippen LogP) is 3.43. The second-order valence-corrected chi connectivity index (χ2v) is 9.47. The maximum absolute atomic E-state index is 13.7. The molecule has 1 aliphatic heterocycles. The molecule has 7 nitrogen and oxygen atoms in total. The zero-order valence-electron chi connectivity index (χ0n) is 20.9. The Bertz CT molecular complexity index is 1480. The van der Waals surface area contributed by atoms with E-state index in [0.717, 1.165) is 22.6 Å². The van der Waals surface area contributed by atoms with E-state index in [1.807, 2.05) is 73.6 Å². The molecule has 1 atom stereocenters. The summed E-state index contributed by atoms with van der Waals surface area (Å²) in [5.41, 5.74) is 3.41. The number of anilines is 1. The molecule has 0 N–H and O–H groups in total. The van der Waals surface area contributed by atoms with Gasteiger partial charge in [0.05, 0.1) is 28.5 Å². The SMILES string of the molecule is C=CCOc1ccc(/C=c2/sc3n(c2=O)C(c2ccc(N(C)C)cc2)C(C(=O)OCC)=C(C)N=3)cc1. The molecule has 2 aromatic carbocycles. The van der Waals surface area contributed by atoms with Crippen molar-refractivity contribution in [3.8, 4) is 5.75 Å². The summed E-state index contributed by atoms with van der Waals surface area (Å²) < 4.78 is 13.0. The Morgan fingerprint density at radius 2 is 1.86 bits per heavy atom. The van der Waals surface area contributed by atoms with E-state index >= 15 is 0 Å². The summed E-state index contributed by atoms with van der Waals surface area (Å²) in [6, 6.07) is 14.7. The van der Waals surface area contributed by atoms with E-state index in [1.165, 1.54) is 11.3 Å². The number of carbonyl (C=O) groups is 1. The highest BCUT2D eigenvalue weighted by Crippen LogP contribution is 2.31. The van der Waals surface area contributed by atoms with Crippen LogP contribution in [-0.4, -0.2) is 37.8 Å². The van der Waals surface area contributed by atoms with E-state index in [1.54, 1.807) is 24.5 Å². The maximum atomic E-state index is 13.7. The Kier molecular flexibility index (Phi) is 7.55. The van der Waals surface area contributed by atoms with Crippen LogP contribution in [0.15, 0.2) is 82.2 Å². The number of allylic oxidation sites excluding steroid dienone is 1. The van der Waals surface area contributed by atoms with Crippen molar-refractivity contribution in [1.82, 2.24) is 4.57 Å². The molecule has 0 aliphatic carbocycles. The highest BCUT2D eigenvalue weighted by molar-refractivity contribution is 7.07. The van der Waals surface area contributed by atoms with Gasteiger partial charge in [0.25, 0.3) is 5.56 Å². The van der Waals surface area contributed by atoms with Gasteiger partial charge in [0.2, 0.25) is 0 Å². The fourth-order valence-electron chi connectivity index (χ4n) is 4.03. The van der Waals surface area contributed by atoms with E-state index < -0.39 is 12.0 Å². The van der Waals surface area contributed by atoms with Crippen molar-refractivity contribution in [1.29, 1.82) is 0 Å². The zero-order chi connectivity index (χ0) is 25.8. The van der Waals surface area contributed by atoms with Crippen LogP contribution in [0.4, 0.5) is 5.69 Å². The first-order valence-corrected chi connectivity index (χ1v) is 12.5. The molecular weight excluding hydrogens is 474 g/mol. The zero-order valence-corrected chi connectivity index (χ0v) is 21.7. The molecule has 0 amide bonds. The van der Waals surface area contributed by atoms with Crippen molar-refractivity contribution >= 4 is 29.1 Å². The molecule has 1 aromatic heterocycles. The van der Waals surface area contributed by atoms with E-state index in [0.29, 0.717) is 27.2 Å². The molecule has 186 valence electrons. The van der Waals surface area contributed by atoms with Crippen molar-refractivity contribution in [3.63, 3.8) is 0 Å². The van der Waals surface area contributed by atoms with Gasteiger partial charge in [-0.05, 0) is 55.3 Å². The molecule has 4 rings (SSSR count). The van der Waals surface area contributed by atoms with Crippen molar-refractivity contribution in [2.45, 2.75) is 19.9 Å². The summed E-state index contributed by atoms with van der Waals surface area (Å²) in [7, 11) is 3.93. The first kappa shape index (κ1) is 25.2. The molecule has 36 heavy (non-hydrogen) atoms. The Hall–Kier alpha value is -3.91. The first-order valence-electron chi connectivity index (χ1n) is 11.6. The van der Waals surface area contributed by atoms with Crippen LogP contribution in [-0.2, 0) is 9.53 Å². The Morgan fingerprint density at radius 3 is 2.47 bits per heavy atom. The minimum Gasteiger partial charge on any atom is -0.490 e. The number of carbonyl (C=O) groups excluding carboxylic acids is 1. The van der Waals surface area contributed by atoms with Crippen LogP contribution < -0.4 is 24.5 Å². The number of benzene rings is 2. The minimum absolute atomic E-state index is 0.207. The number of fused-ring (bicyclic) bond motifs is 1. The standard InChI is InChI=1S/C28H29N3O4S/c1-6-16-35-22-14-8-19(9-15-22)17-23-26(32)31-25(20-10-12-21(13-11-20)30(4)5)24(27(33)34-7-2)18(3)29-28(31)36-23/h6,8-15,17,25H,1,7,16H2,2-5H3/b23-17+. The summed E-state index contributed by atoms with van der Waals surface area (Å²) in [5.74, 6) is 0.259. The molecule has 0 fully saturated rings. The van der Waals surface area contributed by atoms with Crippen molar-refractivity contribution in [3.05, 3.63) is 103 Å². The molecule has 0 saturated carbocycles. The molecule has 1 aliphatic rings. The first-order chi connectivity index (χ1) is 17.3. The predicted molar refractivity (Wildman–Crippen MR) is 143 cm³/mol. The summed E-state index contributed by atoms with van der Waals surface area (Å²) in [6.45, 7) is 7.86. The van der Waals surface area contributed by atoms with Gasteiger partial charge < -0.3 is 14.4 Å². The van der Waals surface area contributed by atoms with Gasteiger partial charge in [-0.3, -0.25) is 9.36 Å². The third-order valence-corrected chi connectivity index (χ3v) is 6.77. The Labute approximate surface area is 213 Å². The van der Waals surface area contributed by atoms with Crippen LogP contribution >= 0.6 is 11.3 Å². The number of aromatic nitrogens is 1. The van der Waals surface area contributed by atoms with Crippen LogP contribution in [0, 0.1) is 0 Å². The topological polar surface area (TPSA) is 73.1 Å². The lowest BCUT2D eigenvalue weighted by Gasteiger charge is -2.25. The number of rotatable bonds is 8. The van der Waals surface area contributed by atoms with Crippen LogP contribution in [0.1, 0.15) is 31.0 Å². The average molecular weight is 504 g/mol. The van der Waals surface area contributed by atoms with Gasteiger partial charge >= 0.3 is 5.97 Å². The van der Waals surface area contributed by atoms with Crippen LogP contribution in [0.25, 0.3) is 6.08 Å². The number of esters is 1. The molecule has 3 aromatic rings. The largest absolute Gasteiger partial charge is 0.490 e. The van der Waals surface area contributed by atoms with Gasteiger partial charge in [0, 0.05) is 19.8 Å². The van der Waals surface area contributed by atoms with E-state index in [9.17, 15) is 9.59 Å². The summed E-state index contributed by atoms with van der Waals surface area (Å²) >= 11 is 1.30. The van der Waals surface area contributed by atoms with Gasteiger partial charge in [-0.1, -0.05) is 48.3 Å². The third-order valence-electron chi connectivity index (χ3n) is 5.79. The average Bonchev–Trinajstić information content (AvgIpc) is 3.17. The van der Waals surface area contributed by atoms with E-state index in [-0.39, 0.29) is 12.2 Å². The van der Waals surface area contributed by atoms with E-state index in [4.69, 9.17) is 9.47 Å². The normalized spacial score (nSPS) is 15.2. The Morgan fingerprint density at radius 1 is 1.17 bits per heavy atom. The maximum Gasteiger partial charge on any atom is 0.338 e. The van der Waals surface area contributed by atoms with Crippen LogP contribution in [0.3, 0.4) is 0 Å². The summed E-state index contributed by atoms with van der Waals surface area (Å²) in [4.78, 5) is 33.9.